The third-order valence-corrected chi connectivity index (χ3v) is 6.76. The average Bonchev–Trinajstić information content (AvgIpc) is 2.93. The van der Waals surface area contributed by atoms with Crippen molar-refractivity contribution in [3.63, 3.8) is 0 Å². The number of ether oxygens (including phenoxy) is 3. The van der Waals surface area contributed by atoms with Crippen molar-refractivity contribution in [1.29, 1.82) is 0 Å². The molecular formula is C27H40N2O6. The second kappa shape index (κ2) is 13.5. The van der Waals surface area contributed by atoms with Crippen LogP contribution >= 0.6 is 0 Å². The summed E-state index contributed by atoms with van der Waals surface area (Å²) in [6, 6.07) is 10.7. The molecule has 194 valence electrons. The van der Waals surface area contributed by atoms with E-state index in [2.05, 4.69) is 10.6 Å². The fraction of sp³-hybridized carbons (Fsp3) is 0.556. The Labute approximate surface area is 208 Å². The molecule has 8 heteroatoms. The van der Waals surface area contributed by atoms with Gasteiger partial charge in [0.05, 0.1) is 33.5 Å². The molecule has 0 radical (unpaired) electrons. The summed E-state index contributed by atoms with van der Waals surface area (Å²) < 4.78 is 15.6. The van der Waals surface area contributed by atoms with E-state index in [4.69, 9.17) is 14.2 Å². The van der Waals surface area contributed by atoms with Crippen molar-refractivity contribution in [2.75, 3.05) is 34.4 Å². The third kappa shape index (κ3) is 7.24. The van der Waals surface area contributed by atoms with Crippen LogP contribution in [-0.2, 0) is 0 Å². The minimum absolute atomic E-state index is 0.0954. The lowest BCUT2D eigenvalue weighted by Gasteiger charge is -2.29. The number of aliphatic hydroxyl groups excluding tert-OH is 2. The Balaban J connectivity index is 0.000000196. The van der Waals surface area contributed by atoms with E-state index in [9.17, 15) is 15.3 Å². The van der Waals surface area contributed by atoms with Gasteiger partial charge in [0.2, 0.25) is 0 Å². The van der Waals surface area contributed by atoms with E-state index in [1.54, 1.807) is 32.4 Å². The molecule has 2 heterocycles. The Morgan fingerprint density at radius 1 is 0.743 bits per heavy atom. The standard InChI is InChI=1S/C14H21NO3.C13H19NO3/c1-17-10-6-7-13(18-2)11(9-10)14(16)12-5-3-4-8-15-12;1-17-12-8-9(5-6-11(12)15)13(16)10-4-2-3-7-14-10/h6-7,9,12,14-16H,3-5,8H2,1-2H3;5-6,8,10,13-16H,2-4,7H2,1H3. The number of aliphatic hydroxyl groups is 2. The van der Waals surface area contributed by atoms with Gasteiger partial charge < -0.3 is 40.2 Å². The first-order valence-corrected chi connectivity index (χ1v) is 12.4. The lowest BCUT2D eigenvalue weighted by atomic mass is 9.94. The molecule has 0 spiro atoms. The van der Waals surface area contributed by atoms with Crippen LogP contribution in [0.25, 0.3) is 0 Å². The van der Waals surface area contributed by atoms with Crippen LogP contribution in [0, 0.1) is 0 Å². The van der Waals surface area contributed by atoms with Crippen LogP contribution in [-0.4, -0.2) is 61.8 Å². The molecule has 4 atom stereocenters. The molecular weight excluding hydrogens is 448 g/mol. The van der Waals surface area contributed by atoms with Gasteiger partial charge in [-0.25, -0.2) is 0 Å². The first kappa shape index (κ1) is 27.1. The minimum atomic E-state index is -0.560. The van der Waals surface area contributed by atoms with Crippen LogP contribution in [0.1, 0.15) is 61.9 Å². The molecule has 0 aromatic heterocycles. The van der Waals surface area contributed by atoms with E-state index in [1.807, 2.05) is 18.2 Å². The van der Waals surface area contributed by atoms with Gasteiger partial charge in [0.25, 0.3) is 0 Å². The minimum Gasteiger partial charge on any atom is -0.504 e. The summed E-state index contributed by atoms with van der Waals surface area (Å²) >= 11 is 0. The number of hydrogen-bond donors (Lipinski definition) is 5. The maximum atomic E-state index is 10.5. The van der Waals surface area contributed by atoms with Gasteiger partial charge in [-0.1, -0.05) is 18.9 Å². The molecule has 0 saturated carbocycles. The lowest BCUT2D eigenvalue weighted by Crippen LogP contribution is -2.38. The Morgan fingerprint density at radius 2 is 1.37 bits per heavy atom. The molecule has 0 aliphatic carbocycles. The zero-order valence-electron chi connectivity index (χ0n) is 21.0. The van der Waals surface area contributed by atoms with Crippen LogP contribution in [0.2, 0.25) is 0 Å². The van der Waals surface area contributed by atoms with Crippen molar-refractivity contribution in [2.45, 2.75) is 62.8 Å². The van der Waals surface area contributed by atoms with Crippen LogP contribution in [0.15, 0.2) is 36.4 Å². The number of phenols is 1. The highest BCUT2D eigenvalue weighted by Gasteiger charge is 2.26. The third-order valence-electron chi connectivity index (χ3n) is 6.76. The number of phenolic OH excluding ortho intramolecular Hbond substituents is 1. The maximum absolute atomic E-state index is 10.5. The van der Waals surface area contributed by atoms with Crippen molar-refractivity contribution in [3.8, 4) is 23.0 Å². The van der Waals surface area contributed by atoms with Crippen molar-refractivity contribution < 1.29 is 29.5 Å². The Bertz CT molecular complexity index is 913. The quantitative estimate of drug-likeness (QED) is 0.403. The van der Waals surface area contributed by atoms with Gasteiger partial charge in [-0.3, -0.25) is 0 Å². The molecule has 5 N–H and O–H groups in total. The zero-order valence-corrected chi connectivity index (χ0v) is 21.0. The Morgan fingerprint density at radius 3 is 1.91 bits per heavy atom. The summed E-state index contributed by atoms with van der Waals surface area (Å²) in [5.74, 6) is 1.94. The van der Waals surface area contributed by atoms with E-state index >= 15 is 0 Å². The van der Waals surface area contributed by atoms with E-state index in [1.165, 1.54) is 20.0 Å². The van der Waals surface area contributed by atoms with Gasteiger partial charge >= 0.3 is 0 Å². The lowest BCUT2D eigenvalue weighted by molar-refractivity contribution is 0.111. The van der Waals surface area contributed by atoms with Crippen molar-refractivity contribution in [2.24, 2.45) is 0 Å². The Kier molecular flexibility index (Phi) is 10.5. The summed E-state index contributed by atoms with van der Waals surface area (Å²) in [4.78, 5) is 0. The second-order valence-electron chi connectivity index (χ2n) is 9.04. The normalized spacial score (nSPS) is 21.7. The second-order valence-corrected chi connectivity index (χ2v) is 9.04. The van der Waals surface area contributed by atoms with Gasteiger partial charge in [0.15, 0.2) is 11.5 Å². The van der Waals surface area contributed by atoms with Crippen molar-refractivity contribution in [1.82, 2.24) is 10.6 Å². The fourth-order valence-electron chi connectivity index (χ4n) is 4.69. The maximum Gasteiger partial charge on any atom is 0.160 e. The van der Waals surface area contributed by atoms with Gasteiger partial charge in [-0.15, -0.1) is 0 Å². The van der Waals surface area contributed by atoms with Crippen LogP contribution < -0.4 is 24.8 Å². The van der Waals surface area contributed by atoms with Gasteiger partial charge in [0, 0.05) is 17.6 Å². The molecule has 2 aromatic carbocycles. The zero-order chi connectivity index (χ0) is 25.2. The topological polar surface area (TPSA) is 112 Å². The van der Waals surface area contributed by atoms with Crippen LogP contribution in [0.3, 0.4) is 0 Å². The molecule has 2 aliphatic heterocycles. The van der Waals surface area contributed by atoms with Crippen LogP contribution in [0.5, 0.6) is 23.0 Å². The molecule has 2 fully saturated rings. The summed E-state index contributed by atoms with van der Waals surface area (Å²) in [6.07, 6.45) is 5.50. The summed E-state index contributed by atoms with van der Waals surface area (Å²) in [5, 5.41) is 36.9. The van der Waals surface area contributed by atoms with Gasteiger partial charge in [0.1, 0.15) is 11.5 Å². The number of aromatic hydroxyl groups is 1. The molecule has 2 aromatic rings. The highest BCUT2D eigenvalue weighted by Crippen LogP contribution is 2.33. The largest absolute Gasteiger partial charge is 0.504 e. The number of rotatable bonds is 7. The van der Waals surface area contributed by atoms with Gasteiger partial charge in [-0.2, -0.15) is 0 Å². The number of nitrogens with one attached hydrogen (secondary N) is 2. The molecule has 0 amide bonds. The number of methoxy groups -OCH3 is 3. The van der Waals surface area contributed by atoms with Crippen LogP contribution in [0.4, 0.5) is 0 Å². The predicted octanol–water partition coefficient (Wildman–Crippen LogP) is 3.46. The molecule has 0 bridgehead atoms. The predicted molar refractivity (Wildman–Crippen MR) is 135 cm³/mol. The summed E-state index contributed by atoms with van der Waals surface area (Å²) in [5.41, 5.74) is 1.57. The van der Waals surface area contributed by atoms with Gasteiger partial charge in [-0.05, 0) is 74.7 Å². The number of piperidine rings is 2. The number of hydrogen-bond acceptors (Lipinski definition) is 8. The smallest absolute Gasteiger partial charge is 0.160 e. The molecule has 35 heavy (non-hydrogen) atoms. The van der Waals surface area contributed by atoms with E-state index in [0.717, 1.165) is 55.6 Å². The SMILES string of the molecule is COc1cc(C(O)C2CCCCN2)ccc1O.COc1ccc(OC)c(C(O)C2CCCCN2)c1. The molecule has 4 rings (SSSR count). The van der Waals surface area contributed by atoms with E-state index in [0.29, 0.717) is 11.5 Å². The monoisotopic (exact) mass is 488 g/mol. The summed E-state index contributed by atoms with van der Waals surface area (Å²) in [7, 11) is 4.74. The van der Waals surface area contributed by atoms with E-state index < -0.39 is 12.2 Å². The average molecular weight is 489 g/mol. The van der Waals surface area contributed by atoms with E-state index in [-0.39, 0.29) is 17.8 Å². The molecule has 2 aliphatic rings. The fourth-order valence-corrected chi connectivity index (χ4v) is 4.69. The van der Waals surface area contributed by atoms with Crippen molar-refractivity contribution >= 4 is 0 Å². The molecule has 8 nitrogen and oxygen atoms in total. The first-order chi connectivity index (χ1) is 17.0. The first-order valence-electron chi connectivity index (χ1n) is 12.4. The highest BCUT2D eigenvalue weighted by molar-refractivity contribution is 5.43. The summed E-state index contributed by atoms with van der Waals surface area (Å²) in [6.45, 7) is 1.92. The van der Waals surface area contributed by atoms with Crippen molar-refractivity contribution in [3.05, 3.63) is 47.5 Å². The number of benzene rings is 2. The Hall–Kier alpha value is -2.52. The molecule has 4 unspecified atom stereocenters. The molecule has 2 saturated heterocycles. The highest BCUT2D eigenvalue weighted by atomic mass is 16.5.